The number of rotatable bonds is 9. The van der Waals surface area contributed by atoms with Gasteiger partial charge in [0.15, 0.2) is 23.9 Å². The third-order valence-corrected chi connectivity index (χ3v) is 4.00. The summed E-state index contributed by atoms with van der Waals surface area (Å²) < 4.78 is 44.6. The second-order valence-electron chi connectivity index (χ2n) is 6.08. The maximum atomic E-state index is 12.4. The van der Waals surface area contributed by atoms with E-state index in [2.05, 4.69) is 25.0 Å². The van der Waals surface area contributed by atoms with Crippen molar-refractivity contribution in [3.8, 4) is 17.2 Å². The molecule has 0 aliphatic carbocycles. The van der Waals surface area contributed by atoms with Crippen LogP contribution < -0.4 is 25.3 Å². The molecule has 2 aromatic carbocycles. The van der Waals surface area contributed by atoms with Gasteiger partial charge in [-0.25, -0.2) is 4.79 Å². The molecule has 0 aliphatic heterocycles. The summed E-state index contributed by atoms with van der Waals surface area (Å²) in [4.78, 5) is 24.5. The smallest absolute Gasteiger partial charge is 0.387 e. The van der Waals surface area contributed by atoms with Crippen LogP contribution in [0.5, 0.6) is 17.2 Å². The Bertz CT molecular complexity index is 1100. The van der Waals surface area contributed by atoms with Gasteiger partial charge in [0.25, 0.3) is 0 Å². The van der Waals surface area contributed by atoms with E-state index in [1.807, 2.05) is 0 Å². The van der Waals surface area contributed by atoms with Crippen molar-refractivity contribution in [2.24, 2.45) is 0 Å². The molecule has 0 atom stereocenters. The van der Waals surface area contributed by atoms with E-state index in [0.29, 0.717) is 11.4 Å². The molecule has 168 valence electrons. The van der Waals surface area contributed by atoms with E-state index in [4.69, 9.17) is 19.9 Å². The van der Waals surface area contributed by atoms with Gasteiger partial charge in [0.2, 0.25) is 11.9 Å². The zero-order chi connectivity index (χ0) is 23.1. The van der Waals surface area contributed by atoms with E-state index < -0.39 is 12.6 Å². The van der Waals surface area contributed by atoms with Crippen molar-refractivity contribution in [3.63, 3.8) is 0 Å². The van der Waals surface area contributed by atoms with Crippen LogP contribution in [0.1, 0.15) is 16.2 Å². The monoisotopic (exact) mass is 447 g/mol. The Morgan fingerprint density at radius 1 is 1.03 bits per heavy atom. The molecule has 10 nitrogen and oxygen atoms in total. The van der Waals surface area contributed by atoms with Crippen molar-refractivity contribution < 1.29 is 32.5 Å². The molecule has 0 spiro atoms. The maximum Gasteiger partial charge on any atom is 0.387 e. The summed E-state index contributed by atoms with van der Waals surface area (Å²) in [6, 6.07) is 10.8. The zero-order valence-electron chi connectivity index (χ0n) is 17.0. The van der Waals surface area contributed by atoms with Gasteiger partial charge in [0, 0.05) is 0 Å². The fraction of sp³-hybridized carbons (Fsp3) is 0.200. The molecule has 0 saturated heterocycles. The lowest BCUT2D eigenvalue weighted by Gasteiger charge is -2.12. The van der Waals surface area contributed by atoms with Gasteiger partial charge in [-0.3, -0.25) is 0 Å². The van der Waals surface area contributed by atoms with Crippen LogP contribution in [0.15, 0.2) is 42.5 Å². The summed E-state index contributed by atoms with van der Waals surface area (Å²) >= 11 is 0. The van der Waals surface area contributed by atoms with E-state index >= 15 is 0 Å². The number of carbonyl (C=O) groups excluding carboxylic acids is 1. The van der Waals surface area contributed by atoms with Gasteiger partial charge in [0.05, 0.1) is 25.5 Å². The van der Waals surface area contributed by atoms with Crippen LogP contribution in [-0.4, -0.2) is 41.8 Å². The molecule has 0 bridgehead atoms. The first-order chi connectivity index (χ1) is 15.4. The molecule has 0 aliphatic rings. The van der Waals surface area contributed by atoms with Crippen LogP contribution in [0, 0.1) is 0 Å². The molecule has 3 aromatic rings. The molecular formula is C20H19F2N5O5. The number of carbonyl (C=O) groups is 1. The van der Waals surface area contributed by atoms with Crippen LogP contribution in [0.25, 0.3) is 0 Å². The van der Waals surface area contributed by atoms with Gasteiger partial charge in [-0.05, 0) is 30.3 Å². The number of anilines is 3. The standard InChI is InChI=1S/C20H19F2N5O5/c1-29-13-6-4-3-5-12(13)24-20-26-16(25-19(23)27-20)10-31-17(28)11-7-8-14(32-18(21)22)15(9-11)30-2/h3-9,18H,10H2,1-2H3,(H3,23,24,25,26,27). The SMILES string of the molecule is COc1ccccc1Nc1nc(N)nc(COC(=O)c2ccc(OC(F)F)c(OC)c2)n1. The number of benzene rings is 2. The minimum absolute atomic E-state index is 0.0487. The van der Waals surface area contributed by atoms with Crippen molar-refractivity contribution in [1.29, 1.82) is 0 Å². The Hall–Kier alpha value is -4.22. The number of nitrogens with one attached hydrogen (secondary N) is 1. The molecule has 0 saturated carbocycles. The average Bonchev–Trinajstić information content (AvgIpc) is 2.77. The van der Waals surface area contributed by atoms with Crippen LogP contribution in [0.2, 0.25) is 0 Å². The molecule has 1 heterocycles. The van der Waals surface area contributed by atoms with E-state index in [1.165, 1.54) is 32.4 Å². The Labute approximate surface area is 181 Å². The van der Waals surface area contributed by atoms with Crippen LogP contribution in [-0.2, 0) is 11.3 Å². The van der Waals surface area contributed by atoms with E-state index in [9.17, 15) is 13.6 Å². The number of nitrogen functional groups attached to an aromatic ring is 1. The molecule has 0 amide bonds. The number of halogens is 2. The molecule has 1 aromatic heterocycles. The summed E-state index contributed by atoms with van der Waals surface area (Å²) in [6.45, 7) is -3.35. The zero-order valence-corrected chi connectivity index (χ0v) is 17.0. The molecule has 0 radical (unpaired) electrons. The molecule has 32 heavy (non-hydrogen) atoms. The number of esters is 1. The number of hydrogen-bond donors (Lipinski definition) is 2. The van der Waals surface area contributed by atoms with Crippen molar-refractivity contribution >= 4 is 23.6 Å². The Morgan fingerprint density at radius 2 is 1.78 bits per heavy atom. The highest BCUT2D eigenvalue weighted by molar-refractivity contribution is 5.90. The van der Waals surface area contributed by atoms with Crippen LogP contribution >= 0.6 is 0 Å². The Kier molecular flexibility index (Phi) is 7.16. The lowest BCUT2D eigenvalue weighted by atomic mass is 10.2. The summed E-state index contributed by atoms with van der Waals surface area (Å²) in [5, 5.41) is 2.96. The number of hydrogen-bond acceptors (Lipinski definition) is 10. The summed E-state index contributed by atoms with van der Waals surface area (Å²) in [6.07, 6.45) is 0. The normalized spacial score (nSPS) is 10.5. The molecule has 0 unspecified atom stereocenters. The fourth-order valence-corrected chi connectivity index (χ4v) is 2.63. The first-order valence-corrected chi connectivity index (χ1v) is 9.10. The van der Waals surface area contributed by atoms with Gasteiger partial charge in [-0.2, -0.15) is 23.7 Å². The number of alkyl halides is 2. The fourth-order valence-electron chi connectivity index (χ4n) is 2.63. The third-order valence-electron chi connectivity index (χ3n) is 4.00. The largest absolute Gasteiger partial charge is 0.495 e. The number of nitrogens with two attached hydrogens (primary N) is 1. The molecule has 0 fully saturated rings. The second kappa shape index (κ2) is 10.2. The van der Waals surface area contributed by atoms with Gasteiger partial charge < -0.3 is 30.0 Å². The van der Waals surface area contributed by atoms with Crippen LogP contribution in [0.4, 0.5) is 26.4 Å². The summed E-state index contributed by atoms with van der Waals surface area (Å²) in [7, 11) is 2.78. The first-order valence-electron chi connectivity index (χ1n) is 9.10. The number of ether oxygens (including phenoxy) is 4. The predicted octanol–water partition coefficient (Wildman–Crippen LogP) is 3.17. The molecular weight excluding hydrogens is 428 g/mol. The van der Waals surface area contributed by atoms with E-state index in [0.717, 1.165) is 0 Å². The summed E-state index contributed by atoms with van der Waals surface area (Å²) in [5.41, 5.74) is 6.38. The number of methoxy groups -OCH3 is 2. The minimum atomic E-state index is -3.03. The lowest BCUT2D eigenvalue weighted by Crippen LogP contribution is -2.12. The van der Waals surface area contributed by atoms with Gasteiger partial charge in [-0.15, -0.1) is 0 Å². The minimum Gasteiger partial charge on any atom is -0.495 e. The highest BCUT2D eigenvalue weighted by atomic mass is 19.3. The molecule has 12 heteroatoms. The van der Waals surface area contributed by atoms with Gasteiger partial charge in [-0.1, -0.05) is 12.1 Å². The second-order valence-corrected chi connectivity index (χ2v) is 6.08. The number of aromatic nitrogens is 3. The predicted molar refractivity (Wildman–Crippen MR) is 109 cm³/mol. The van der Waals surface area contributed by atoms with Gasteiger partial charge in [0.1, 0.15) is 5.75 Å². The first kappa shape index (κ1) is 22.5. The van der Waals surface area contributed by atoms with Gasteiger partial charge >= 0.3 is 12.6 Å². The van der Waals surface area contributed by atoms with Crippen molar-refractivity contribution in [1.82, 2.24) is 15.0 Å². The lowest BCUT2D eigenvalue weighted by molar-refractivity contribution is -0.0512. The number of para-hydroxylation sites is 2. The topological polar surface area (TPSA) is 131 Å². The average molecular weight is 447 g/mol. The summed E-state index contributed by atoms with van der Waals surface area (Å²) in [5.74, 6) is -0.323. The van der Waals surface area contributed by atoms with Crippen molar-refractivity contribution in [2.75, 3.05) is 25.3 Å². The molecule has 3 rings (SSSR count). The quantitative estimate of drug-likeness (QED) is 0.472. The Morgan fingerprint density at radius 3 is 2.50 bits per heavy atom. The highest BCUT2D eigenvalue weighted by Gasteiger charge is 2.16. The number of nitrogens with zero attached hydrogens (tertiary/aromatic N) is 3. The van der Waals surface area contributed by atoms with E-state index in [1.54, 1.807) is 24.3 Å². The third kappa shape index (κ3) is 5.68. The van der Waals surface area contributed by atoms with Crippen LogP contribution in [0.3, 0.4) is 0 Å². The van der Waals surface area contributed by atoms with E-state index in [-0.39, 0.29) is 41.4 Å². The maximum absolute atomic E-state index is 12.4. The Balaban J connectivity index is 1.71. The highest BCUT2D eigenvalue weighted by Crippen LogP contribution is 2.30. The molecule has 3 N–H and O–H groups in total. The van der Waals surface area contributed by atoms with Crippen molar-refractivity contribution in [2.45, 2.75) is 13.2 Å². The van der Waals surface area contributed by atoms with Crippen molar-refractivity contribution in [3.05, 3.63) is 53.9 Å².